The molecule has 0 aliphatic carbocycles. The number of nitrogens with two attached hydrogens (primary N) is 1. The number of aromatic nitrogens is 1. The van der Waals surface area contributed by atoms with Crippen LogP contribution in [-0.2, 0) is 0 Å². The summed E-state index contributed by atoms with van der Waals surface area (Å²) in [4.78, 5) is 13.1. The third kappa shape index (κ3) is 1.89. The van der Waals surface area contributed by atoms with Crippen LogP contribution in [0.4, 0.5) is 20.2 Å². The summed E-state index contributed by atoms with van der Waals surface area (Å²) in [5, 5.41) is 10.5. The summed E-state index contributed by atoms with van der Waals surface area (Å²) in [5.74, 6) is 0. The molecule has 0 aromatic carbocycles. The van der Waals surface area contributed by atoms with E-state index in [4.69, 9.17) is 5.73 Å². The summed E-state index contributed by atoms with van der Waals surface area (Å²) in [6.07, 6.45) is -2.19. The number of anilines is 1. The normalized spacial score (nSPS) is 10.6. The summed E-state index contributed by atoms with van der Waals surface area (Å²) in [6.45, 7) is 0. The molecule has 0 saturated carbocycles. The van der Waals surface area contributed by atoms with Crippen molar-refractivity contribution in [2.45, 2.75) is 6.43 Å². The van der Waals surface area contributed by atoms with Crippen LogP contribution in [0.1, 0.15) is 12.0 Å². The van der Waals surface area contributed by atoms with Crippen molar-refractivity contribution in [1.29, 1.82) is 0 Å². The lowest BCUT2D eigenvalue weighted by molar-refractivity contribution is -0.385. The number of hydrogen-bond acceptors (Lipinski definition) is 4. The Labute approximate surface area is 90.6 Å². The molecule has 0 radical (unpaired) electrons. The first kappa shape index (κ1) is 11.0. The van der Waals surface area contributed by atoms with Gasteiger partial charge in [-0.1, -0.05) is 0 Å². The van der Waals surface area contributed by atoms with Crippen molar-refractivity contribution in [3.63, 3.8) is 0 Å². The average Bonchev–Trinajstić information content (AvgIpc) is 2.08. The molecule has 0 saturated heterocycles. The van der Waals surface area contributed by atoms with E-state index >= 15 is 0 Å². The van der Waals surface area contributed by atoms with E-state index < -0.39 is 22.6 Å². The number of nitrogens with zero attached hydrogens (tertiary/aromatic N) is 2. The van der Waals surface area contributed by atoms with Gasteiger partial charge in [0, 0.05) is 6.20 Å². The SMILES string of the molecule is Nc1c(I)ncc(C(F)F)c1[N+](=O)[O-]. The van der Waals surface area contributed by atoms with Crippen LogP contribution in [-0.4, -0.2) is 9.91 Å². The van der Waals surface area contributed by atoms with Gasteiger partial charge in [-0.2, -0.15) is 0 Å². The number of nitro groups is 1. The molecule has 2 N–H and O–H groups in total. The van der Waals surface area contributed by atoms with E-state index in [0.29, 0.717) is 0 Å². The fourth-order valence-electron chi connectivity index (χ4n) is 0.874. The topological polar surface area (TPSA) is 82.0 Å². The Kier molecular flexibility index (Phi) is 3.13. The van der Waals surface area contributed by atoms with E-state index in [-0.39, 0.29) is 9.39 Å². The number of alkyl halides is 2. The Bertz CT molecular complexity index is 386. The van der Waals surface area contributed by atoms with Crippen LogP contribution in [0.3, 0.4) is 0 Å². The van der Waals surface area contributed by atoms with Gasteiger partial charge in [-0.3, -0.25) is 10.1 Å². The largest absolute Gasteiger partial charge is 0.391 e. The number of rotatable bonds is 2. The number of halogens is 3. The van der Waals surface area contributed by atoms with E-state index in [1.165, 1.54) is 0 Å². The zero-order valence-electron chi connectivity index (χ0n) is 6.58. The summed E-state index contributed by atoms with van der Waals surface area (Å²) in [6, 6.07) is 0. The van der Waals surface area contributed by atoms with Gasteiger partial charge in [0.15, 0.2) is 0 Å². The Morgan fingerprint density at radius 2 is 2.21 bits per heavy atom. The molecule has 0 bridgehead atoms. The van der Waals surface area contributed by atoms with Gasteiger partial charge in [-0.05, 0) is 22.6 Å². The molecule has 0 amide bonds. The monoisotopic (exact) mass is 315 g/mol. The van der Waals surface area contributed by atoms with Crippen LogP contribution < -0.4 is 5.73 Å². The molecule has 5 nitrogen and oxygen atoms in total. The molecule has 0 aliphatic rings. The highest BCUT2D eigenvalue weighted by molar-refractivity contribution is 14.1. The van der Waals surface area contributed by atoms with Gasteiger partial charge in [-0.25, -0.2) is 13.8 Å². The quantitative estimate of drug-likeness (QED) is 0.392. The minimum atomic E-state index is -2.96. The summed E-state index contributed by atoms with van der Waals surface area (Å²) in [5.41, 5.74) is 3.43. The van der Waals surface area contributed by atoms with Crippen LogP contribution >= 0.6 is 22.6 Å². The maximum absolute atomic E-state index is 12.3. The maximum atomic E-state index is 12.3. The molecule has 0 unspecified atom stereocenters. The zero-order chi connectivity index (χ0) is 10.9. The van der Waals surface area contributed by atoms with Crippen LogP contribution in [0.15, 0.2) is 6.20 Å². The van der Waals surface area contributed by atoms with Crippen molar-refractivity contribution in [3.8, 4) is 0 Å². The molecule has 14 heavy (non-hydrogen) atoms. The molecule has 1 aromatic heterocycles. The highest BCUT2D eigenvalue weighted by atomic mass is 127. The zero-order valence-corrected chi connectivity index (χ0v) is 8.73. The van der Waals surface area contributed by atoms with Crippen LogP contribution in [0.5, 0.6) is 0 Å². The first-order valence-electron chi connectivity index (χ1n) is 3.31. The van der Waals surface area contributed by atoms with Crippen LogP contribution in [0.2, 0.25) is 0 Å². The van der Waals surface area contributed by atoms with E-state index in [1.54, 1.807) is 22.6 Å². The van der Waals surface area contributed by atoms with Gasteiger partial charge < -0.3 is 5.73 Å². The Balaban J connectivity index is 3.45. The summed E-state index contributed by atoms with van der Waals surface area (Å²) < 4.78 is 24.7. The lowest BCUT2D eigenvalue weighted by atomic mass is 10.2. The lowest BCUT2D eigenvalue weighted by Crippen LogP contribution is -2.04. The molecule has 0 spiro atoms. The Morgan fingerprint density at radius 1 is 1.64 bits per heavy atom. The highest BCUT2D eigenvalue weighted by Gasteiger charge is 2.26. The Morgan fingerprint density at radius 3 is 2.64 bits per heavy atom. The lowest BCUT2D eigenvalue weighted by Gasteiger charge is -2.04. The second-order valence-electron chi connectivity index (χ2n) is 2.32. The minimum absolute atomic E-state index is 0.138. The first-order valence-corrected chi connectivity index (χ1v) is 4.39. The van der Waals surface area contributed by atoms with E-state index in [1.807, 2.05) is 0 Å². The number of pyridine rings is 1. The van der Waals surface area contributed by atoms with Crippen molar-refractivity contribution in [3.05, 3.63) is 25.6 Å². The second kappa shape index (κ2) is 3.98. The molecular weight excluding hydrogens is 311 g/mol. The van der Waals surface area contributed by atoms with Gasteiger partial charge in [0.25, 0.3) is 6.43 Å². The van der Waals surface area contributed by atoms with Gasteiger partial charge in [0.2, 0.25) is 0 Å². The van der Waals surface area contributed by atoms with E-state index in [2.05, 4.69) is 4.98 Å². The summed E-state index contributed by atoms with van der Waals surface area (Å²) in [7, 11) is 0. The molecule has 76 valence electrons. The number of nitrogen functional groups attached to an aromatic ring is 1. The van der Waals surface area contributed by atoms with Crippen LogP contribution in [0.25, 0.3) is 0 Å². The van der Waals surface area contributed by atoms with Crippen molar-refractivity contribution in [2.75, 3.05) is 5.73 Å². The number of hydrogen-bond donors (Lipinski definition) is 1. The molecule has 0 aliphatic heterocycles. The summed E-state index contributed by atoms with van der Waals surface area (Å²) >= 11 is 1.64. The maximum Gasteiger partial charge on any atom is 0.305 e. The second-order valence-corrected chi connectivity index (χ2v) is 3.35. The third-order valence-electron chi connectivity index (χ3n) is 1.49. The predicted octanol–water partition coefficient (Wildman–Crippen LogP) is 2.11. The first-order chi connectivity index (χ1) is 6.45. The molecule has 1 aromatic rings. The smallest absolute Gasteiger partial charge is 0.305 e. The standard InChI is InChI=1S/C6H4F2IN3O2/c7-5(8)2-1-11-6(9)3(10)4(2)12(13)14/h1,5H,10H2. The third-order valence-corrected chi connectivity index (χ3v) is 2.35. The van der Waals surface area contributed by atoms with Gasteiger partial charge in [-0.15, -0.1) is 0 Å². The molecule has 1 rings (SSSR count). The minimum Gasteiger partial charge on any atom is -0.391 e. The Hall–Kier alpha value is -1.06. The van der Waals surface area contributed by atoms with E-state index in [0.717, 1.165) is 6.20 Å². The van der Waals surface area contributed by atoms with Gasteiger partial charge in [0.1, 0.15) is 15.0 Å². The highest BCUT2D eigenvalue weighted by Crippen LogP contribution is 2.34. The molecular formula is C6H4F2IN3O2. The fourth-order valence-corrected chi connectivity index (χ4v) is 1.27. The van der Waals surface area contributed by atoms with Crippen molar-refractivity contribution < 1.29 is 13.7 Å². The van der Waals surface area contributed by atoms with Gasteiger partial charge >= 0.3 is 5.69 Å². The molecule has 1 heterocycles. The van der Waals surface area contributed by atoms with E-state index in [9.17, 15) is 18.9 Å². The predicted molar refractivity (Wildman–Crippen MR) is 53.0 cm³/mol. The fraction of sp³-hybridized carbons (Fsp3) is 0.167. The molecule has 0 atom stereocenters. The van der Waals surface area contributed by atoms with Crippen molar-refractivity contribution >= 4 is 34.0 Å². The van der Waals surface area contributed by atoms with Gasteiger partial charge in [0.05, 0.1) is 4.92 Å². The van der Waals surface area contributed by atoms with Crippen LogP contribution in [0, 0.1) is 13.8 Å². The average molecular weight is 315 g/mol. The molecule has 8 heteroatoms. The molecule has 0 fully saturated rings. The van der Waals surface area contributed by atoms with Crippen molar-refractivity contribution in [1.82, 2.24) is 4.98 Å². The van der Waals surface area contributed by atoms with Crippen molar-refractivity contribution in [2.24, 2.45) is 0 Å².